The zero-order chi connectivity index (χ0) is 13.2. The third-order valence-electron chi connectivity index (χ3n) is 3.23. The Morgan fingerprint density at radius 2 is 2.28 bits per heavy atom. The number of sulfonamides is 1. The van der Waals surface area contributed by atoms with E-state index in [1.165, 1.54) is 0 Å². The molecule has 6 heteroatoms. The summed E-state index contributed by atoms with van der Waals surface area (Å²) in [5, 5.41) is 3.69. The van der Waals surface area contributed by atoms with Gasteiger partial charge in [0.05, 0.1) is 4.90 Å². The van der Waals surface area contributed by atoms with Gasteiger partial charge < -0.3 is 5.32 Å². The van der Waals surface area contributed by atoms with Crippen molar-refractivity contribution < 1.29 is 8.42 Å². The highest BCUT2D eigenvalue weighted by molar-refractivity contribution is 7.89. The van der Waals surface area contributed by atoms with E-state index in [0.717, 1.165) is 19.5 Å². The van der Waals surface area contributed by atoms with Crippen LogP contribution in [-0.2, 0) is 10.0 Å². The summed E-state index contributed by atoms with van der Waals surface area (Å²) in [5.41, 5.74) is 0.594. The lowest BCUT2D eigenvalue weighted by Crippen LogP contribution is -2.30. The fourth-order valence-electron chi connectivity index (χ4n) is 2.07. The van der Waals surface area contributed by atoms with E-state index in [1.54, 1.807) is 25.1 Å². The molecule has 1 heterocycles. The smallest absolute Gasteiger partial charge is 0.240 e. The summed E-state index contributed by atoms with van der Waals surface area (Å²) in [6, 6.07) is 4.92. The van der Waals surface area contributed by atoms with Gasteiger partial charge in [0.1, 0.15) is 0 Å². The molecular weight excluding hydrogens is 272 g/mol. The third kappa shape index (κ3) is 3.03. The summed E-state index contributed by atoms with van der Waals surface area (Å²) < 4.78 is 27.0. The van der Waals surface area contributed by atoms with Gasteiger partial charge in [-0.1, -0.05) is 17.7 Å². The molecule has 0 radical (unpaired) electrons. The average molecular weight is 289 g/mol. The molecule has 0 aliphatic carbocycles. The number of hydrogen-bond acceptors (Lipinski definition) is 3. The maximum atomic E-state index is 12.2. The van der Waals surface area contributed by atoms with Gasteiger partial charge in [-0.05, 0) is 50.0 Å². The molecule has 2 N–H and O–H groups in total. The highest BCUT2D eigenvalue weighted by Gasteiger charge is 2.21. The molecule has 1 aromatic rings. The Morgan fingerprint density at radius 3 is 2.94 bits per heavy atom. The SMILES string of the molecule is Cc1c(Cl)cccc1S(=O)(=O)NCC1CCNC1. The van der Waals surface area contributed by atoms with Crippen LogP contribution in [0.5, 0.6) is 0 Å². The zero-order valence-electron chi connectivity index (χ0n) is 10.2. The lowest BCUT2D eigenvalue weighted by molar-refractivity contribution is 0.538. The third-order valence-corrected chi connectivity index (χ3v) is 5.21. The lowest BCUT2D eigenvalue weighted by atomic mass is 10.1. The van der Waals surface area contributed by atoms with E-state index >= 15 is 0 Å². The van der Waals surface area contributed by atoms with Crippen LogP contribution in [0.25, 0.3) is 0 Å². The molecule has 100 valence electrons. The van der Waals surface area contributed by atoms with E-state index in [0.29, 0.717) is 23.0 Å². The standard InChI is InChI=1S/C12H17ClN2O2S/c1-9-11(13)3-2-4-12(9)18(16,17)15-8-10-5-6-14-7-10/h2-4,10,14-15H,5-8H2,1H3. The first kappa shape index (κ1) is 13.8. The Morgan fingerprint density at radius 1 is 1.50 bits per heavy atom. The van der Waals surface area contributed by atoms with Gasteiger partial charge >= 0.3 is 0 Å². The zero-order valence-corrected chi connectivity index (χ0v) is 11.8. The molecule has 2 rings (SSSR count). The van der Waals surface area contributed by atoms with Crippen molar-refractivity contribution >= 4 is 21.6 Å². The molecule has 0 spiro atoms. The van der Waals surface area contributed by atoms with Crippen molar-refractivity contribution in [3.05, 3.63) is 28.8 Å². The van der Waals surface area contributed by atoms with Crippen LogP contribution in [0.4, 0.5) is 0 Å². The maximum Gasteiger partial charge on any atom is 0.240 e. The number of benzene rings is 1. The largest absolute Gasteiger partial charge is 0.316 e. The molecule has 1 fully saturated rings. The second-order valence-corrected chi connectivity index (χ2v) is 6.72. The van der Waals surface area contributed by atoms with Crippen LogP contribution in [0.3, 0.4) is 0 Å². The Hall–Kier alpha value is -0.620. The predicted molar refractivity (Wildman–Crippen MR) is 72.4 cm³/mol. The van der Waals surface area contributed by atoms with E-state index in [9.17, 15) is 8.42 Å². The topological polar surface area (TPSA) is 58.2 Å². The quantitative estimate of drug-likeness (QED) is 0.883. The molecular formula is C12H17ClN2O2S. The number of nitrogens with one attached hydrogen (secondary N) is 2. The minimum atomic E-state index is -3.46. The van der Waals surface area contributed by atoms with Crippen LogP contribution < -0.4 is 10.0 Å². The monoisotopic (exact) mass is 288 g/mol. The highest BCUT2D eigenvalue weighted by atomic mass is 35.5. The predicted octanol–water partition coefficient (Wildman–Crippen LogP) is 1.54. The van der Waals surface area contributed by atoms with Crippen molar-refractivity contribution in [1.82, 2.24) is 10.0 Å². The van der Waals surface area contributed by atoms with Gasteiger partial charge in [-0.3, -0.25) is 0 Å². The first-order chi connectivity index (χ1) is 8.50. The Kier molecular flexibility index (Phi) is 4.27. The Bertz CT molecular complexity index is 525. The van der Waals surface area contributed by atoms with E-state index < -0.39 is 10.0 Å². The summed E-state index contributed by atoms with van der Waals surface area (Å²) >= 11 is 5.94. The second kappa shape index (κ2) is 5.57. The van der Waals surface area contributed by atoms with E-state index in [1.807, 2.05) is 0 Å². The number of rotatable bonds is 4. The van der Waals surface area contributed by atoms with E-state index in [4.69, 9.17) is 11.6 Å². The van der Waals surface area contributed by atoms with Gasteiger partial charge in [0.2, 0.25) is 10.0 Å². The molecule has 1 aromatic carbocycles. The molecule has 1 saturated heterocycles. The minimum Gasteiger partial charge on any atom is -0.316 e. The van der Waals surface area contributed by atoms with Gasteiger partial charge in [0, 0.05) is 11.6 Å². The summed E-state index contributed by atoms with van der Waals surface area (Å²) in [7, 11) is -3.46. The molecule has 0 bridgehead atoms. The van der Waals surface area contributed by atoms with Gasteiger partial charge in [-0.25, -0.2) is 13.1 Å². The summed E-state index contributed by atoms with van der Waals surface area (Å²) in [5.74, 6) is 0.374. The average Bonchev–Trinajstić information content (AvgIpc) is 2.83. The molecule has 0 saturated carbocycles. The van der Waals surface area contributed by atoms with Crippen LogP contribution in [0.2, 0.25) is 5.02 Å². The molecule has 18 heavy (non-hydrogen) atoms. The van der Waals surface area contributed by atoms with Crippen molar-refractivity contribution in [2.45, 2.75) is 18.2 Å². The summed E-state index contributed by atoms with van der Waals surface area (Å²) in [6.07, 6.45) is 1.01. The first-order valence-corrected chi connectivity index (χ1v) is 7.82. The van der Waals surface area contributed by atoms with E-state index in [-0.39, 0.29) is 4.90 Å². The van der Waals surface area contributed by atoms with Crippen LogP contribution in [0.15, 0.2) is 23.1 Å². The molecule has 1 unspecified atom stereocenters. The van der Waals surface area contributed by atoms with E-state index in [2.05, 4.69) is 10.0 Å². The van der Waals surface area contributed by atoms with Crippen molar-refractivity contribution in [1.29, 1.82) is 0 Å². The minimum absolute atomic E-state index is 0.265. The van der Waals surface area contributed by atoms with Gasteiger partial charge in [-0.2, -0.15) is 0 Å². The molecule has 0 aromatic heterocycles. The molecule has 1 aliphatic heterocycles. The molecule has 0 amide bonds. The number of hydrogen-bond donors (Lipinski definition) is 2. The van der Waals surface area contributed by atoms with Crippen molar-refractivity contribution in [3.63, 3.8) is 0 Å². The van der Waals surface area contributed by atoms with Crippen molar-refractivity contribution in [3.8, 4) is 0 Å². The van der Waals surface area contributed by atoms with Crippen LogP contribution >= 0.6 is 11.6 Å². The highest BCUT2D eigenvalue weighted by Crippen LogP contribution is 2.22. The normalized spacial score (nSPS) is 20.2. The molecule has 1 atom stereocenters. The Balaban J connectivity index is 2.12. The summed E-state index contributed by atoms with van der Waals surface area (Å²) in [6.45, 7) is 4.02. The fraction of sp³-hybridized carbons (Fsp3) is 0.500. The lowest BCUT2D eigenvalue weighted by Gasteiger charge is -2.12. The maximum absolute atomic E-state index is 12.2. The van der Waals surface area contributed by atoms with Crippen LogP contribution in [0.1, 0.15) is 12.0 Å². The Labute approximate surface area is 113 Å². The van der Waals surface area contributed by atoms with Crippen molar-refractivity contribution in [2.24, 2.45) is 5.92 Å². The van der Waals surface area contributed by atoms with Gasteiger partial charge in [-0.15, -0.1) is 0 Å². The number of halogens is 1. The summed E-state index contributed by atoms with van der Waals surface area (Å²) in [4.78, 5) is 0.265. The second-order valence-electron chi connectivity index (χ2n) is 4.57. The first-order valence-electron chi connectivity index (χ1n) is 5.96. The molecule has 1 aliphatic rings. The van der Waals surface area contributed by atoms with Crippen LogP contribution in [-0.4, -0.2) is 28.1 Å². The molecule has 4 nitrogen and oxygen atoms in total. The van der Waals surface area contributed by atoms with Crippen molar-refractivity contribution in [2.75, 3.05) is 19.6 Å². The fourth-order valence-corrected chi connectivity index (χ4v) is 3.68. The van der Waals surface area contributed by atoms with Gasteiger partial charge in [0.25, 0.3) is 0 Å². The van der Waals surface area contributed by atoms with Gasteiger partial charge in [0.15, 0.2) is 0 Å². The van der Waals surface area contributed by atoms with Crippen LogP contribution in [0, 0.1) is 12.8 Å².